The molecule has 0 bridgehead atoms. The highest BCUT2D eigenvalue weighted by Gasteiger charge is 2.06. The van der Waals surface area contributed by atoms with E-state index in [2.05, 4.69) is 25.7 Å². The van der Waals surface area contributed by atoms with E-state index in [4.69, 9.17) is 23.2 Å². The first-order chi connectivity index (χ1) is 11.6. The molecule has 2 aromatic carbocycles. The number of nitrogens with one attached hydrogen (secondary N) is 2. The maximum absolute atomic E-state index is 12.1. The van der Waals surface area contributed by atoms with E-state index in [1.165, 1.54) is 6.21 Å². The lowest BCUT2D eigenvalue weighted by molar-refractivity contribution is 0.947. The molecule has 0 aliphatic carbocycles. The molecule has 0 saturated heterocycles. The average Bonchev–Trinajstić information content (AvgIpc) is 2.58. The van der Waals surface area contributed by atoms with Crippen LogP contribution in [0, 0.1) is 0 Å². The SMILES string of the molecule is O=c1[nH]c(N/N=C\c2ccc(Cl)cc2Cl)nnc1-c1ccccc1. The lowest BCUT2D eigenvalue weighted by atomic mass is 10.2. The van der Waals surface area contributed by atoms with Gasteiger partial charge in [0, 0.05) is 16.1 Å². The molecule has 0 saturated carbocycles. The molecule has 0 spiro atoms. The molecule has 8 heteroatoms. The fourth-order valence-electron chi connectivity index (χ4n) is 1.94. The molecule has 6 nitrogen and oxygen atoms in total. The number of H-pyrrole nitrogens is 1. The molecule has 0 fully saturated rings. The molecule has 0 aliphatic heterocycles. The van der Waals surface area contributed by atoms with Crippen molar-refractivity contribution in [3.05, 3.63) is 74.5 Å². The number of aromatic amines is 1. The van der Waals surface area contributed by atoms with Crippen molar-refractivity contribution in [3.63, 3.8) is 0 Å². The summed E-state index contributed by atoms with van der Waals surface area (Å²) in [6.07, 6.45) is 1.49. The third-order valence-electron chi connectivity index (χ3n) is 3.08. The number of hydrogen-bond acceptors (Lipinski definition) is 5. The van der Waals surface area contributed by atoms with E-state index in [1.807, 2.05) is 18.2 Å². The summed E-state index contributed by atoms with van der Waals surface area (Å²) in [6.45, 7) is 0. The summed E-state index contributed by atoms with van der Waals surface area (Å²) in [7, 11) is 0. The molecule has 3 rings (SSSR count). The van der Waals surface area contributed by atoms with E-state index in [9.17, 15) is 4.79 Å². The minimum atomic E-state index is -0.363. The zero-order valence-electron chi connectivity index (χ0n) is 12.2. The van der Waals surface area contributed by atoms with Gasteiger partial charge in [-0.05, 0) is 12.1 Å². The molecule has 1 aromatic heterocycles. The van der Waals surface area contributed by atoms with Crippen LogP contribution >= 0.6 is 23.2 Å². The van der Waals surface area contributed by atoms with Crippen molar-refractivity contribution < 1.29 is 0 Å². The number of halogens is 2. The van der Waals surface area contributed by atoms with Crippen LogP contribution in [0.1, 0.15) is 5.56 Å². The van der Waals surface area contributed by atoms with Gasteiger partial charge < -0.3 is 0 Å². The maximum atomic E-state index is 12.1. The number of nitrogens with zero attached hydrogens (tertiary/aromatic N) is 3. The zero-order valence-corrected chi connectivity index (χ0v) is 13.7. The molecule has 0 atom stereocenters. The van der Waals surface area contributed by atoms with E-state index in [0.29, 0.717) is 21.2 Å². The minimum Gasteiger partial charge on any atom is -0.288 e. The van der Waals surface area contributed by atoms with Crippen LogP contribution < -0.4 is 11.0 Å². The number of rotatable bonds is 4. The van der Waals surface area contributed by atoms with Gasteiger partial charge in [-0.25, -0.2) is 5.43 Å². The highest BCUT2D eigenvalue weighted by molar-refractivity contribution is 6.36. The van der Waals surface area contributed by atoms with Crippen molar-refractivity contribution in [2.75, 3.05) is 5.43 Å². The number of anilines is 1. The van der Waals surface area contributed by atoms with Gasteiger partial charge in [0.25, 0.3) is 5.56 Å². The topological polar surface area (TPSA) is 83.0 Å². The Balaban J connectivity index is 1.76. The molecular weight excluding hydrogens is 349 g/mol. The van der Waals surface area contributed by atoms with E-state index in [0.717, 1.165) is 0 Å². The first kappa shape index (κ1) is 16.2. The van der Waals surface area contributed by atoms with Crippen molar-refractivity contribution in [2.45, 2.75) is 0 Å². The molecule has 120 valence electrons. The van der Waals surface area contributed by atoms with Crippen LogP contribution in [-0.4, -0.2) is 21.4 Å². The number of hydrogen-bond donors (Lipinski definition) is 2. The van der Waals surface area contributed by atoms with Crippen LogP contribution in [-0.2, 0) is 0 Å². The molecule has 0 unspecified atom stereocenters. The highest BCUT2D eigenvalue weighted by atomic mass is 35.5. The third-order valence-corrected chi connectivity index (χ3v) is 3.64. The predicted octanol–water partition coefficient (Wildman–Crippen LogP) is 3.58. The maximum Gasteiger partial charge on any atom is 0.279 e. The number of hydrazone groups is 1. The number of aromatic nitrogens is 3. The summed E-state index contributed by atoms with van der Waals surface area (Å²) >= 11 is 11.9. The predicted molar refractivity (Wildman–Crippen MR) is 95.8 cm³/mol. The monoisotopic (exact) mass is 359 g/mol. The largest absolute Gasteiger partial charge is 0.288 e. The van der Waals surface area contributed by atoms with Crippen molar-refractivity contribution in [1.82, 2.24) is 15.2 Å². The van der Waals surface area contributed by atoms with Gasteiger partial charge >= 0.3 is 0 Å². The Morgan fingerprint density at radius 1 is 1.08 bits per heavy atom. The summed E-state index contributed by atoms with van der Waals surface area (Å²) in [6, 6.07) is 14.1. The zero-order chi connectivity index (χ0) is 16.9. The van der Waals surface area contributed by atoms with Crippen molar-refractivity contribution in [1.29, 1.82) is 0 Å². The van der Waals surface area contributed by atoms with Crippen LogP contribution in [0.5, 0.6) is 0 Å². The van der Waals surface area contributed by atoms with E-state index in [-0.39, 0.29) is 17.2 Å². The van der Waals surface area contributed by atoms with E-state index < -0.39 is 0 Å². The normalized spacial score (nSPS) is 10.9. The van der Waals surface area contributed by atoms with E-state index in [1.54, 1.807) is 30.3 Å². The fraction of sp³-hybridized carbons (Fsp3) is 0. The average molecular weight is 360 g/mol. The van der Waals surface area contributed by atoms with Crippen molar-refractivity contribution in [2.24, 2.45) is 5.10 Å². The Bertz CT molecular complexity index is 941. The molecule has 0 amide bonds. The number of benzene rings is 2. The molecule has 3 aromatic rings. The third kappa shape index (κ3) is 3.79. The molecule has 24 heavy (non-hydrogen) atoms. The Labute approximate surface area is 147 Å². The van der Waals surface area contributed by atoms with Gasteiger partial charge in [0.15, 0.2) is 5.69 Å². The van der Waals surface area contributed by atoms with Gasteiger partial charge in [-0.1, -0.05) is 59.6 Å². The molecule has 0 radical (unpaired) electrons. The smallest absolute Gasteiger partial charge is 0.279 e. The van der Waals surface area contributed by atoms with Crippen LogP contribution in [0.2, 0.25) is 10.0 Å². The van der Waals surface area contributed by atoms with E-state index >= 15 is 0 Å². The Morgan fingerprint density at radius 3 is 2.58 bits per heavy atom. The Kier molecular flexibility index (Phi) is 4.88. The van der Waals surface area contributed by atoms with Gasteiger partial charge in [-0.3, -0.25) is 9.78 Å². The molecule has 2 N–H and O–H groups in total. The van der Waals surface area contributed by atoms with Gasteiger partial charge in [0.05, 0.1) is 11.2 Å². The summed E-state index contributed by atoms with van der Waals surface area (Å²) in [5.74, 6) is 0.126. The van der Waals surface area contributed by atoms with Gasteiger partial charge in [0.1, 0.15) is 0 Å². The van der Waals surface area contributed by atoms with Crippen LogP contribution in [0.4, 0.5) is 5.95 Å². The summed E-state index contributed by atoms with van der Waals surface area (Å²) in [5.41, 5.74) is 3.84. The van der Waals surface area contributed by atoms with Crippen LogP contribution in [0.25, 0.3) is 11.3 Å². The summed E-state index contributed by atoms with van der Waals surface area (Å²) in [4.78, 5) is 14.7. The van der Waals surface area contributed by atoms with Gasteiger partial charge in [-0.2, -0.15) is 5.10 Å². The minimum absolute atomic E-state index is 0.126. The van der Waals surface area contributed by atoms with Gasteiger partial charge in [-0.15, -0.1) is 10.2 Å². The second kappa shape index (κ2) is 7.25. The Morgan fingerprint density at radius 2 is 1.88 bits per heavy atom. The second-order valence-corrected chi connectivity index (χ2v) is 5.60. The Hall–Kier alpha value is -2.70. The van der Waals surface area contributed by atoms with Gasteiger partial charge in [0.2, 0.25) is 5.95 Å². The quantitative estimate of drug-likeness (QED) is 0.550. The summed E-state index contributed by atoms with van der Waals surface area (Å²) in [5, 5.41) is 12.8. The van der Waals surface area contributed by atoms with Crippen molar-refractivity contribution in [3.8, 4) is 11.3 Å². The first-order valence-corrected chi connectivity index (χ1v) is 7.65. The van der Waals surface area contributed by atoms with Crippen molar-refractivity contribution >= 4 is 35.4 Å². The fourth-order valence-corrected chi connectivity index (χ4v) is 2.40. The first-order valence-electron chi connectivity index (χ1n) is 6.90. The standard InChI is InChI=1S/C16H11Cl2N5O/c17-12-7-6-11(13(18)8-12)9-19-22-16-20-15(24)14(21-23-16)10-4-2-1-3-5-10/h1-9H,(H2,20,22,23,24)/b19-9-. The van der Waals surface area contributed by atoms with Crippen LogP contribution in [0.15, 0.2) is 58.4 Å². The highest BCUT2D eigenvalue weighted by Crippen LogP contribution is 2.19. The molecule has 1 heterocycles. The van der Waals surface area contributed by atoms with Crippen LogP contribution in [0.3, 0.4) is 0 Å². The lowest BCUT2D eigenvalue weighted by Crippen LogP contribution is -2.15. The second-order valence-electron chi connectivity index (χ2n) is 4.75. The molecule has 0 aliphatic rings. The lowest BCUT2D eigenvalue weighted by Gasteiger charge is -2.02. The molecular formula is C16H11Cl2N5O. The summed E-state index contributed by atoms with van der Waals surface area (Å²) < 4.78 is 0.